The fraction of sp³-hybridized carbons (Fsp3) is 0.231. The van der Waals surface area contributed by atoms with Gasteiger partial charge in [0, 0.05) is 23.2 Å². The molecule has 0 aliphatic rings. The first-order chi connectivity index (χ1) is 16.5. The molecule has 0 aliphatic carbocycles. The number of oxime groups is 1. The standard InChI is InChI=1S/C26H28N2O6/c1-31-25-14-21(12-13-22(25)23(27)15-26(29)30)33-16-18-8-10-20(11-9-18)34-17-24(28-32-2)19-6-4-3-5-7-19/h3-14,23H,15-17,27H2,1-2H3,(H,29,30)/b28-24+. The number of aliphatic carboxylic acids is 1. The molecule has 3 aromatic rings. The molecule has 8 heteroatoms. The second kappa shape index (κ2) is 12.3. The summed E-state index contributed by atoms with van der Waals surface area (Å²) in [5.41, 5.74) is 9.15. The number of hydrogen-bond acceptors (Lipinski definition) is 7. The molecule has 0 radical (unpaired) electrons. The van der Waals surface area contributed by atoms with E-state index >= 15 is 0 Å². The number of hydrogen-bond donors (Lipinski definition) is 2. The SMILES string of the molecule is CO/N=C(\COc1ccc(COc2ccc(C(N)CC(=O)O)c(OC)c2)cc1)c1ccccc1. The van der Waals surface area contributed by atoms with Gasteiger partial charge in [-0.05, 0) is 23.8 Å². The summed E-state index contributed by atoms with van der Waals surface area (Å²) >= 11 is 0. The molecule has 3 rings (SSSR count). The van der Waals surface area contributed by atoms with Gasteiger partial charge >= 0.3 is 5.97 Å². The van der Waals surface area contributed by atoms with E-state index in [-0.39, 0.29) is 13.0 Å². The molecule has 1 atom stereocenters. The summed E-state index contributed by atoms with van der Waals surface area (Å²) < 4.78 is 17.1. The topological polar surface area (TPSA) is 113 Å². The van der Waals surface area contributed by atoms with E-state index in [1.165, 1.54) is 14.2 Å². The smallest absolute Gasteiger partial charge is 0.305 e. The average Bonchev–Trinajstić information content (AvgIpc) is 2.85. The van der Waals surface area contributed by atoms with Gasteiger partial charge in [0.25, 0.3) is 0 Å². The van der Waals surface area contributed by atoms with Crippen molar-refractivity contribution >= 4 is 11.7 Å². The molecular formula is C26H28N2O6. The molecule has 3 aromatic carbocycles. The van der Waals surface area contributed by atoms with Gasteiger partial charge in [-0.2, -0.15) is 0 Å². The van der Waals surface area contributed by atoms with Gasteiger partial charge in [-0.1, -0.05) is 53.7 Å². The third-order valence-electron chi connectivity index (χ3n) is 5.01. The fourth-order valence-corrected chi connectivity index (χ4v) is 3.29. The Morgan fingerprint density at radius 3 is 2.32 bits per heavy atom. The molecule has 34 heavy (non-hydrogen) atoms. The average molecular weight is 465 g/mol. The Morgan fingerprint density at radius 2 is 1.68 bits per heavy atom. The van der Waals surface area contributed by atoms with Gasteiger partial charge in [-0.15, -0.1) is 0 Å². The quantitative estimate of drug-likeness (QED) is 0.305. The first kappa shape index (κ1) is 24.6. The van der Waals surface area contributed by atoms with Crippen molar-refractivity contribution in [3.8, 4) is 17.2 Å². The molecule has 8 nitrogen and oxygen atoms in total. The van der Waals surface area contributed by atoms with Crippen LogP contribution in [0.1, 0.15) is 29.2 Å². The highest BCUT2D eigenvalue weighted by Crippen LogP contribution is 2.30. The lowest BCUT2D eigenvalue weighted by atomic mass is 10.0. The maximum atomic E-state index is 10.9. The second-order valence-electron chi connectivity index (χ2n) is 7.42. The van der Waals surface area contributed by atoms with E-state index in [1.807, 2.05) is 54.6 Å². The minimum atomic E-state index is -0.968. The Hall–Kier alpha value is -4.04. The van der Waals surface area contributed by atoms with E-state index in [0.29, 0.717) is 35.1 Å². The number of ether oxygens (including phenoxy) is 3. The number of carbonyl (C=O) groups is 1. The molecule has 0 heterocycles. The normalized spacial score (nSPS) is 12.0. The van der Waals surface area contributed by atoms with Crippen LogP contribution in [0.3, 0.4) is 0 Å². The molecule has 0 fully saturated rings. The predicted octanol–water partition coefficient (Wildman–Crippen LogP) is 4.18. The van der Waals surface area contributed by atoms with Gasteiger partial charge in [-0.25, -0.2) is 0 Å². The van der Waals surface area contributed by atoms with Crippen molar-refractivity contribution in [2.45, 2.75) is 19.1 Å². The van der Waals surface area contributed by atoms with Gasteiger partial charge < -0.3 is 29.9 Å². The van der Waals surface area contributed by atoms with E-state index in [4.69, 9.17) is 29.9 Å². The lowest BCUT2D eigenvalue weighted by Gasteiger charge is -2.16. The Morgan fingerprint density at radius 1 is 0.971 bits per heavy atom. The summed E-state index contributed by atoms with van der Waals surface area (Å²) in [6, 6.07) is 21.8. The molecule has 0 saturated heterocycles. The Kier molecular flexibility index (Phi) is 8.88. The molecule has 0 aliphatic heterocycles. The predicted molar refractivity (Wildman–Crippen MR) is 128 cm³/mol. The third kappa shape index (κ3) is 6.98. The van der Waals surface area contributed by atoms with Crippen LogP contribution >= 0.6 is 0 Å². The van der Waals surface area contributed by atoms with Gasteiger partial charge in [0.2, 0.25) is 0 Å². The molecule has 0 spiro atoms. The number of rotatable bonds is 12. The van der Waals surface area contributed by atoms with Crippen LogP contribution in [0, 0.1) is 0 Å². The van der Waals surface area contributed by atoms with E-state index < -0.39 is 12.0 Å². The Labute approximate surface area is 198 Å². The van der Waals surface area contributed by atoms with Gasteiger partial charge in [0.05, 0.1) is 13.5 Å². The number of benzene rings is 3. The highest BCUT2D eigenvalue weighted by Gasteiger charge is 2.16. The summed E-state index contributed by atoms with van der Waals surface area (Å²) in [6.07, 6.45) is -0.185. The molecule has 3 N–H and O–H groups in total. The summed E-state index contributed by atoms with van der Waals surface area (Å²) in [5, 5.41) is 13.0. The van der Waals surface area contributed by atoms with E-state index in [1.54, 1.807) is 18.2 Å². The third-order valence-corrected chi connectivity index (χ3v) is 5.01. The zero-order valence-electron chi connectivity index (χ0n) is 19.1. The maximum absolute atomic E-state index is 10.9. The molecular weight excluding hydrogens is 436 g/mol. The molecule has 0 saturated carbocycles. The van der Waals surface area contributed by atoms with Crippen LogP contribution in [0.25, 0.3) is 0 Å². The Bertz CT molecular complexity index is 1100. The molecule has 1 unspecified atom stereocenters. The van der Waals surface area contributed by atoms with Crippen LogP contribution in [0.2, 0.25) is 0 Å². The van der Waals surface area contributed by atoms with E-state index in [2.05, 4.69) is 5.16 Å². The van der Waals surface area contributed by atoms with Crippen LogP contribution in [-0.4, -0.2) is 37.6 Å². The van der Waals surface area contributed by atoms with E-state index in [9.17, 15) is 4.79 Å². The number of nitrogens with two attached hydrogens (primary N) is 1. The lowest BCUT2D eigenvalue weighted by Crippen LogP contribution is -2.16. The number of nitrogens with zero attached hydrogens (tertiary/aromatic N) is 1. The zero-order valence-corrected chi connectivity index (χ0v) is 19.1. The largest absolute Gasteiger partial charge is 0.496 e. The number of carboxylic acid groups (broad SMARTS) is 1. The van der Waals surface area contributed by atoms with Crippen molar-refractivity contribution < 1.29 is 28.9 Å². The van der Waals surface area contributed by atoms with Gasteiger partial charge in [0.15, 0.2) is 0 Å². The summed E-state index contributed by atoms with van der Waals surface area (Å²) in [6.45, 7) is 0.605. The molecule has 0 aromatic heterocycles. The fourth-order valence-electron chi connectivity index (χ4n) is 3.29. The summed E-state index contributed by atoms with van der Waals surface area (Å²) in [7, 11) is 3.01. The van der Waals surface area contributed by atoms with Crippen molar-refractivity contribution in [3.63, 3.8) is 0 Å². The Balaban J connectivity index is 1.57. The van der Waals surface area contributed by atoms with Gasteiger partial charge in [-0.3, -0.25) is 4.79 Å². The highest BCUT2D eigenvalue weighted by atomic mass is 16.6. The van der Waals surface area contributed by atoms with Crippen molar-refractivity contribution in [3.05, 3.63) is 89.5 Å². The first-order valence-electron chi connectivity index (χ1n) is 10.7. The molecule has 178 valence electrons. The summed E-state index contributed by atoms with van der Waals surface area (Å²) in [5.74, 6) is 0.806. The van der Waals surface area contributed by atoms with Crippen molar-refractivity contribution in [2.75, 3.05) is 20.8 Å². The van der Waals surface area contributed by atoms with Crippen LogP contribution in [0.4, 0.5) is 0 Å². The van der Waals surface area contributed by atoms with Crippen molar-refractivity contribution in [1.82, 2.24) is 0 Å². The number of methoxy groups -OCH3 is 1. The second-order valence-corrected chi connectivity index (χ2v) is 7.42. The van der Waals surface area contributed by atoms with E-state index in [0.717, 1.165) is 11.1 Å². The minimum absolute atomic E-state index is 0.185. The monoisotopic (exact) mass is 464 g/mol. The first-order valence-corrected chi connectivity index (χ1v) is 10.7. The van der Waals surface area contributed by atoms with Crippen LogP contribution < -0.4 is 19.9 Å². The summed E-state index contributed by atoms with van der Waals surface area (Å²) in [4.78, 5) is 15.9. The molecule has 0 bridgehead atoms. The maximum Gasteiger partial charge on any atom is 0.305 e. The minimum Gasteiger partial charge on any atom is -0.496 e. The van der Waals surface area contributed by atoms with Crippen molar-refractivity contribution in [2.24, 2.45) is 10.9 Å². The van der Waals surface area contributed by atoms with Crippen LogP contribution in [-0.2, 0) is 16.2 Å². The van der Waals surface area contributed by atoms with Crippen LogP contribution in [0.5, 0.6) is 17.2 Å². The van der Waals surface area contributed by atoms with Gasteiger partial charge in [0.1, 0.15) is 43.3 Å². The zero-order chi connectivity index (χ0) is 24.3. The highest BCUT2D eigenvalue weighted by molar-refractivity contribution is 6.01. The molecule has 0 amide bonds. The number of carboxylic acids is 1. The van der Waals surface area contributed by atoms with Crippen molar-refractivity contribution in [1.29, 1.82) is 0 Å². The van der Waals surface area contributed by atoms with Crippen LogP contribution in [0.15, 0.2) is 78.0 Å². The lowest BCUT2D eigenvalue weighted by molar-refractivity contribution is -0.137.